The summed E-state index contributed by atoms with van der Waals surface area (Å²) < 4.78 is 36.2. The first-order valence-electron chi connectivity index (χ1n) is 4.30. The molecule has 1 saturated heterocycles. The van der Waals surface area contributed by atoms with Crippen molar-refractivity contribution in [1.82, 2.24) is 0 Å². The molecule has 0 spiro atoms. The zero-order valence-electron chi connectivity index (χ0n) is 7.51. The van der Waals surface area contributed by atoms with Gasteiger partial charge >= 0.3 is 0 Å². The molecule has 1 rings (SSSR count). The van der Waals surface area contributed by atoms with Crippen LogP contribution in [0.3, 0.4) is 0 Å². The second-order valence-electron chi connectivity index (χ2n) is 3.66. The second kappa shape index (κ2) is 2.98. The highest BCUT2D eigenvalue weighted by molar-refractivity contribution is 7.92. The quantitative estimate of drug-likeness (QED) is 0.636. The molecule has 1 aliphatic rings. The Kier molecular flexibility index (Phi) is 2.47. The monoisotopic (exact) mass is 194 g/mol. The first-order valence-corrected chi connectivity index (χ1v) is 6.02. The largest absolute Gasteiger partial charge is 0.243 e. The zero-order chi connectivity index (χ0) is 9.41. The molecule has 2 nitrogen and oxygen atoms in total. The molecule has 0 radical (unpaired) electrons. The molecule has 1 heterocycles. The van der Waals surface area contributed by atoms with E-state index in [1.807, 2.05) is 0 Å². The van der Waals surface area contributed by atoms with Crippen molar-refractivity contribution in [2.45, 2.75) is 44.0 Å². The molecular weight excluding hydrogens is 179 g/mol. The molecule has 0 aromatic rings. The number of sulfone groups is 1. The Morgan fingerprint density at radius 1 is 1.58 bits per heavy atom. The van der Waals surface area contributed by atoms with Crippen LogP contribution in [-0.4, -0.2) is 25.1 Å². The van der Waals surface area contributed by atoms with Crippen LogP contribution < -0.4 is 0 Å². The van der Waals surface area contributed by atoms with E-state index in [-0.39, 0.29) is 11.0 Å². The Bertz CT molecular complexity index is 260. The van der Waals surface area contributed by atoms with Crippen LogP contribution in [0.5, 0.6) is 0 Å². The minimum absolute atomic E-state index is 0.280. The summed E-state index contributed by atoms with van der Waals surface area (Å²) in [4.78, 5) is 0. The first kappa shape index (κ1) is 9.96. The number of alkyl halides is 1. The molecule has 1 aliphatic heterocycles. The third-order valence-electron chi connectivity index (χ3n) is 2.71. The topological polar surface area (TPSA) is 34.1 Å². The average Bonchev–Trinajstić information content (AvgIpc) is 1.97. The van der Waals surface area contributed by atoms with Crippen LogP contribution in [0.4, 0.5) is 4.39 Å². The Morgan fingerprint density at radius 2 is 2.17 bits per heavy atom. The Balaban J connectivity index is 2.83. The highest BCUT2D eigenvalue weighted by Gasteiger charge is 2.41. The number of hydrogen-bond donors (Lipinski definition) is 0. The summed E-state index contributed by atoms with van der Waals surface area (Å²) in [7, 11) is -3.16. The van der Waals surface area contributed by atoms with Gasteiger partial charge in [-0.15, -0.1) is 0 Å². The Morgan fingerprint density at radius 3 is 2.58 bits per heavy atom. The maximum Gasteiger partial charge on any atom is 0.156 e. The van der Waals surface area contributed by atoms with Gasteiger partial charge in [0.2, 0.25) is 0 Å². The van der Waals surface area contributed by atoms with Crippen molar-refractivity contribution in [3.05, 3.63) is 0 Å². The van der Waals surface area contributed by atoms with E-state index in [0.29, 0.717) is 19.3 Å². The van der Waals surface area contributed by atoms with Gasteiger partial charge in [0.1, 0.15) is 5.67 Å². The van der Waals surface area contributed by atoms with Gasteiger partial charge in [-0.05, 0) is 26.2 Å². The van der Waals surface area contributed by atoms with Crippen LogP contribution in [0, 0.1) is 0 Å². The molecule has 2 atom stereocenters. The van der Waals surface area contributed by atoms with Gasteiger partial charge in [0.25, 0.3) is 0 Å². The summed E-state index contributed by atoms with van der Waals surface area (Å²) in [5, 5.41) is -0.354. The fourth-order valence-electron chi connectivity index (χ4n) is 1.50. The third-order valence-corrected chi connectivity index (χ3v) is 5.09. The van der Waals surface area contributed by atoms with E-state index >= 15 is 0 Å². The predicted octanol–water partition coefficient (Wildman–Crippen LogP) is 1.70. The Hall–Kier alpha value is -0.120. The molecule has 0 N–H and O–H groups in total. The third kappa shape index (κ3) is 1.79. The minimum Gasteiger partial charge on any atom is -0.243 e. The van der Waals surface area contributed by atoms with Gasteiger partial charge in [-0.25, -0.2) is 12.8 Å². The van der Waals surface area contributed by atoms with Crippen LogP contribution in [0.2, 0.25) is 0 Å². The van der Waals surface area contributed by atoms with E-state index in [1.54, 1.807) is 13.8 Å². The number of hydrogen-bond acceptors (Lipinski definition) is 2. The smallest absolute Gasteiger partial charge is 0.156 e. The summed E-state index contributed by atoms with van der Waals surface area (Å²) in [5.74, 6) is -0.280. The molecular formula is C8H15FO2S. The van der Waals surface area contributed by atoms with Crippen molar-refractivity contribution in [2.75, 3.05) is 5.75 Å². The van der Waals surface area contributed by atoms with Crippen LogP contribution in [0.25, 0.3) is 0 Å². The predicted molar refractivity (Wildman–Crippen MR) is 46.6 cm³/mol. The van der Waals surface area contributed by atoms with Gasteiger partial charge < -0.3 is 0 Å². The summed E-state index contributed by atoms with van der Waals surface area (Å²) >= 11 is 0. The minimum atomic E-state index is -3.16. The lowest BCUT2D eigenvalue weighted by Gasteiger charge is -2.31. The van der Waals surface area contributed by atoms with Crippen LogP contribution >= 0.6 is 0 Å². The van der Waals surface area contributed by atoms with Crippen molar-refractivity contribution in [1.29, 1.82) is 0 Å². The van der Waals surface area contributed by atoms with Crippen molar-refractivity contribution in [2.24, 2.45) is 0 Å². The van der Waals surface area contributed by atoms with E-state index in [1.165, 1.54) is 0 Å². The van der Waals surface area contributed by atoms with Gasteiger partial charge in [-0.2, -0.15) is 0 Å². The molecule has 1 fully saturated rings. The molecule has 12 heavy (non-hydrogen) atoms. The zero-order valence-corrected chi connectivity index (χ0v) is 8.32. The SMILES string of the molecule is CCC1(F)CCC(C)S(=O)(=O)C1. The van der Waals surface area contributed by atoms with Crippen molar-refractivity contribution < 1.29 is 12.8 Å². The summed E-state index contributed by atoms with van der Waals surface area (Å²) in [5.41, 5.74) is -1.45. The van der Waals surface area contributed by atoms with Crippen molar-refractivity contribution >= 4 is 9.84 Å². The molecule has 0 bridgehead atoms. The first-order chi connectivity index (χ1) is 5.40. The molecule has 0 aliphatic carbocycles. The van der Waals surface area contributed by atoms with E-state index in [2.05, 4.69) is 0 Å². The number of halogens is 1. The van der Waals surface area contributed by atoms with E-state index in [9.17, 15) is 12.8 Å². The fourth-order valence-corrected chi connectivity index (χ4v) is 3.33. The number of rotatable bonds is 1. The summed E-state index contributed by atoms with van der Waals surface area (Å²) in [6.07, 6.45) is 1.16. The van der Waals surface area contributed by atoms with Gasteiger partial charge in [-0.3, -0.25) is 0 Å². The van der Waals surface area contributed by atoms with Crippen molar-refractivity contribution in [3.8, 4) is 0 Å². The molecule has 0 aromatic heterocycles. The van der Waals surface area contributed by atoms with Gasteiger partial charge in [-0.1, -0.05) is 6.92 Å². The van der Waals surface area contributed by atoms with Crippen LogP contribution in [0.15, 0.2) is 0 Å². The van der Waals surface area contributed by atoms with Gasteiger partial charge in [0.15, 0.2) is 9.84 Å². The van der Waals surface area contributed by atoms with Gasteiger partial charge in [0.05, 0.1) is 11.0 Å². The molecule has 4 heteroatoms. The van der Waals surface area contributed by atoms with Crippen molar-refractivity contribution in [3.63, 3.8) is 0 Å². The second-order valence-corrected chi connectivity index (χ2v) is 6.08. The summed E-state index contributed by atoms with van der Waals surface area (Å²) in [6, 6.07) is 0. The molecule has 72 valence electrons. The van der Waals surface area contributed by atoms with Crippen LogP contribution in [0.1, 0.15) is 33.1 Å². The Labute approximate surface area is 73.1 Å². The highest BCUT2D eigenvalue weighted by atomic mass is 32.2. The van der Waals surface area contributed by atoms with Crippen LogP contribution in [-0.2, 0) is 9.84 Å². The van der Waals surface area contributed by atoms with Gasteiger partial charge in [0, 0.05) is 0 Å². The standard InChI is InChI=1S/C8H15FO2S/c1-3-8(9)5-4-7(2)12(10,11)6-8/h7H,3-6H2,1-2H3. The highest BCUT2D eigenvalue weighted by Crippen LogP contribution is 2.32. The summed E-state index contributed by atoms with van der Waals surface area (Å²) in [6.45, 7) is 3.36. The lowest BCUT2D eigenvalue weighted by molar-refractivity contribution is 0.160. The average molecular weight is 194 g/mol. The van der Waals surface area contributed by atoms with E-state index in [0.717, 1.165) is 0 Å². The maximum absolute atomic E-state index is 13.6. The molecule has 2 unspecified atom stereocenters. The maximum atomic E-state index is 13.6. The molecule has 0 aromatic carbocycles. The van der Waals surface area contributed by atoms with E-state index in [4.69, 9.17) is 0 Å². The normalized spacial score (nSPS) is 41.1. The fraction of sp³-hybridized carbons (Fsp3) is 1.00. The lowest BCUT2D eigenvalue weighted by Crippen LogP contribution is -2.41. The molecule has 0 saturated carbocycles. The molecule has 0 amide bonds. The van der Waals surface area contributed by atoms with E-state index < -0.39 is 15.5 Å². The lowest BCUT2D eigenvalue weighted by atomic mass is 9.97.